The molecule has 5 heteroatoms. The zero-order valence-corrected chi connectivity index (χ0v) is 9.13. The number of rotatable bonds is 0. The Labute approximate surface area is 97.4 Å². The minimum Gasteiger partial charge on any atom is -0.465 e. The average Bonchev–Trinajstić information content (AvgIpc) is 2.78. The van der Waals surface area contributed by atoms with Gasteiger partial charge in [0, 0.05) is 0 Å². The maximum atomic E-state index is 11.7. The van der Waals surface area contributed by atoms with E-state index in [0.717, 1.165) is 6.42 Å². The van der Waals surface area contributed by atoms with Gasteiger partial charge in [0.05, 0.1) is 24.4 Å². The summed E-state index contributed by atoms with van der Waals surface area (Å²) in [5, 5.41) is 0. The van der Waals surface area contributed by atoms with Crippen molar-refractivity contribution in [3.05, 3.63) is 0 Å². The fraction of sp³-hybridized carbons (Fsp3) is 0.750. The van der Waals surface area contributed by atoms with Crippen LogP contribution >= 0.6 is 0 Å². The van der Waals surface area contributed by atoms with Crippen LogP contribution in [0, 0.1) is 35.5 Å². The number of esters is 3. The van der Waals surface area contributed by atoms with Gasteiger partial charge in [-0.15, -0.1) is 0 Å². The van der Waals surface area contributed by atoms with Crippen molar-refractivity contribution in [2.24, 2.45) is 35.5 Å². The largest absolute Gasteiger partial charge is 0.465 e. The van der Waals surface area contributed by atoms with Gasteiger partial charge in [0.2, 0.25) is 0 Å². The van der Waals surface area contributed by atoms with E-state index >= 15 is 0 Å². The fourth-order valence-electron chi connectivity index (χ4n) is 4.44. The molecular formula is C12H12O5. The molecule has 4 aliphatic rings. The molecule has 0 amide bonds. The van der Waals surface area contributed by atoms with Crippen LogP contribution < -0.4 is 0 Å². The summed E-state index contributed by atoms with van der Waals surface area (Å²) in [6.07, 6.45) is 1.36. The molecule has 2 aliphatic carbocycles. The van der Waals surface area contributed by atoms with E-state index in [2.05, 4.69) is 0 Å². The molecule has 2 aliphatic heterocycles. The number of carbonyl (C=O) groups is 3. The highest BCUT2D eigenvalue weighted by Crippen LogP contribution is 2.60. The first-order valence-corrected chi connectivity index (χ1v) is 6.09. The van der Waals surface area contributed by atoms with Crippen LogP contribution in [0.15, 0.2) is 0 Å². The quantitative estimate of drug-likeness (QED) is 0.340. The summed E-state index contributed by atoms with van der Waals surface area (Å²) in [4.78, 5) is 35.1. The maximum absolute atomic E-state index is 11.7. The lowest BCUT2D eigenvalue weighted by Crippen LogP contribution is -2.36. The molecule has 2 heterocycles. The van der Waals surface area contributed by atoms with Crippen LogP contribution in [0.2, 0.25) is 0 Å². The molecule has 4 fully saturated rings. The van der Waals surface area contributed by atoms with Gasteiger partial charge in [-0.05, 0) is 30.6 Å². The Morgan fingerprint density at radius 3 is 2.24 bits per heavy atom. The van der Waals surface area contributed by atoms with Gasteiger partial charge in [-0.2, -0.15) is 0 Å². The Hall–Kier alpha value is -1.39. The topological polar surface area (TPSA) is 69.7 Å². The molecule has 2 saturated heterocycles. The second kappa shape index (κ2) is 2.89. The van der Waals surface area contributed by atoms with Gasteiger partial charge in [-0.25, -0.2) is 0 Å². The monoisotopic (exact) mass is 236 g/mol. The molecule has 6 atom stereocenters. The Morgan fingerprint density at radius 1 is 0.824 bits per heavy atom. The highest BCUT2D eigenvalue weighted by molar-refractivity contribution is 5.93. The van der Waals surface area contributed by atoms with E-state index in [4.69, 9.17) is 9.47 Å². The minimum atomic E-state index is -0.431. The smallest absolute Gasteiger partial charge is 0.316 e. The molecule has 0 spiro atoms. The summed E-state index contributed by atoms with van der Waals surface area (Å²) in [5.41, 5.74) is 0. The molecule has 6 unspecified atom stereocenters. The predicted octanol–water partition coefficient (Wildman–Crippen LogP) is 0.131. The first-order valence-electron chi connectivity index (χ1n) is 6.09. The SMILES string of the molecule is O=C1OC(=O)C2CC1C1C3COC(=O)C(C3)C21. The molecule has 5 nitrogen and oxygen atoms in total. The van der Waals surface area contributed by atoms with Crippen molar-refractivity contribution in [2.45, 2.75) is 12.8 Å². The molecular weight excluding hydrogens is 224 g/mol. The summed E-state index contributed by atoms with van der Waals surface area (Å²) < 4.78 is 9.91. The first-order chi connectivity index (χ1) is 8.16. The zero-order valence-electron chi connectivity index (χ0n) is 9.13. The van der Waals surface area contributed by atoms with Crippen LogP contribution in [0.5, 0.6) is 0 Å². The van der Waals surface area contributed by atoms with Crippen molar-refractivity contribution in [1.29, 1.82) is 0 Å². The van der Waals surface area contributed by atoms with Crippen LogP contribution in [-0.2, 0) is 23.9 Å². The van der Waals surface area contributed by atoms with E-state index in [-0.39, 0.29) is 41.5 Å². The van der Waals surface area contributed by atoms with E-state index in [1.807, 2.05) is 0 Å². The Kier molecular flexibility index (Phi) is 1.63. The zero-order chi connectivity index (χ0) is 11.7. The van der Waals surface area contributed by atoms with Gasteiger partial charge >= 0.3 is 17.9 Å². The highest BCUT2D eigenvalue weighted by Gasteiger charge is 2.65. The van der Waals surface area contributed by atoms with Crippen molar-refractivity contribution in [3.63, 3.8) is 0 Å². The summed E-state index contributed by atoms with van der Waals surface area (Å²) in [6.45, 7) is 0.404. The van der Waals surface area contributed by atoms with E-state index < -0.39 is 11.9 Å². The molecule has 4 rings (SSSR count). The molecule has 0 N–H and O–H groups in total. The molecule has 90 valence electrons. The fourth-order valence-corrected chi connectivity index (χ4v) is 4.44. The van der Waals surface area contributed by atoms with Crippen molar-refractivity contribution in [2.75, 3.05) is 6.61 Å². The van der Waals surface area contributed by atoms with E-state index in [1.54, 1.807) is 0 Å². The van der Waals surface area contributed by atoms with E-state index in [0.29, 0.717) is 13.0 Å². The average molecular weight is 236 g/mol. The van der Waals surface area contributed by atoms with Crippen molar-refractivity contribution < 1.29 is 23.9 Å². The van der Waals surface area contributed by atoms with Gasteiger partial charge < -0.3 is 9.47 Å². The van der Waals surface area contributed by atoms with Gasteiger partial charge in [-0.3, -0.25) is 14.4 Å². The summed E-state index contributed by atoms with van der Waals surface area (Å²) in [7, 11) is 0. The maximum Gasteiger partial charge on any atom is 0.316 e. The Morgan fingerprint density at radius 2 is 1.47 bits per heavy atom. The van der Waals surface area contributed by atoms with E-state index in [9.17, 15) is 14.4 Å². The van der Waals surface area contributed by atoms with Gasteiger partial charge in [0.15, 0.2) is 0 Å². The number of ether oxygens (including phenoxy) is 2. The summed E-state index contributed by atoms with van der Waals surface area (Å²) in [6, 6.07) is 0. The normalized spacial score (nSPS) is 50.9. The minimum absolute atomic E-state index is 0.0149. The third kappa shape index (κ3) is 1.02. The molecule has 17 heavy (non-hydrogen) atoms. The molecule has 0 aromatic carbocycles. The third-order valence-electron chi connectivity index (χ3n) is 5.00. The number of fused-ring (bicyclic) bond motifs is 9. The van der Waals surface area contributed by atoms with Crippen LogP contribution in [-0.4, -0.2) is 24.5 Å². The lowest BCUT2D eigenvalue weighted by Gasteiger charge is -2.26. The first kappa shape index (κ1) is 9.62. The number of carbonyl (C=O) groups excluding carboxylic acids is 3. The van der Waals surface area contributed by atoms with Crippen molar-refractivity contribution >= 4 is 17.9 Å². The van der Waals surface area contributed by atoms with Gasteiger partial charge in [0.25, 0.3) is 0 Å². The highest BCUT2D eigenvalue weighted by atomic mass is 16.6. The van der Waals surface area contributed by atoms with Gasteiger partial charge in [0.1, 0.15) is 0 Å². The summed E-state index contributed by atoms with van der Waals surface area (Å²) >= 11 is 0. The molecule has 2 saturated carbocycles. The lowest BCUT2D eigenvalue weighted by atomic mass is 9.84. The van der Waals surface area contributed by atoms with E-state index in [1.165, 1.54) is 0 Å². The van der Waals surface area contributed by atoms with Crippen LogP contribution in [0.25, 0.3) is 0 Å². The van der Waals surface area contributed by atoms with Crippen LogP contribution in [0.3, 0.4) is 0 Å². The Bertz CT molecular complexity index is 442. The summed E-state index contributed by atoms with van der Waals surface area (Å²) in [5.74, 6) is -1.30. The molecule has 0 radical (unpaired) electrons. The second-order valence-corrected chi connectivity index (χ2v) is 5.58. The Balaban J connectivity index is 1.80. The number of hydrogen-bond donors (Lipinski definition) is 0. The lowest BCUT2D eigenvalue weighted by molar-refractivity contribution is -0.171. The van der Waals surface area contributed by atoms with Gasteiger partial charge in [-0.1, -0.05) is 0 Å². The van der Waals surface area contributed by atoms with Crippen molar-refractivity contribution in [3.8, 4) is 0 Å². The predicted molar refractivity (Wildman–Crippen MR) is 52.2 cm³/mol. The number of hydrogen-bond acceptors (Lipinski definition) is 5. The number of cyclic esters (lactones) is 3. The molecule has 0 aromatic rings. The van der Waals surface area contributed by atoms with Crippen molar-refractivity contribution in [1.82, 2.24) is 0 Å². The molecule has 0 aromatic heterocycles. The second-order valence-electron chi connectivity index (χ2n) is 5.58. The standard InChI is InChI=1S/C12H12O5/c13-10-5-1-4(3-16-10)8-6-2-7(9(5)8)12(15)17-11(6)14/h4-9H,1-3H2. The van der Waals surface area contributed by atoms with Crippen LogP contribution in [0.4, 0.5) is 0 Å². The van der Waals surface area contributed by atoms with Crippen LogP contribution in [0.1, 0.15) is 12.8 Å². The molecule has 4 bridgehead atoms. The third-order valence-corrected chi connectivity index (χ3v) is 5.00.